The van der Waals surface area contributed by atoms with Gasteiger partial charge in [-0.05, 0) is 64.0 Å². The van der Waals surface area contributed by atoms with Crippen molar-refractivity contribution in [3.63, 3.8) is 0 Å². The Morgan fingerprint density at radius 3 is 2.70 bits per heavy atom. The number of benzene rings is 1. The zero-order chi connectivity index (χ0) is 14.1. The number of piperidine rings is 1. The Morgan fingerprint density at radius 2 is 1.90 bits per heavy atom. The molecule has 1 unspecified atom stereocenters. The summed E-state index contributed by atoms with van der Waals surface area (Å²) >= 11 is 0. The van der Waals surface area contributed by atoms with E-state index in [1.807, 2.05) is 0 Å². The van der Waals surface area contributed by atoms with Crippen LogP contribution in [-0.4, -0.2) is 42.5 Å². The van der Waals surface area contributed by atoms with Crippen LogP contribution in [0.15, 0.2) is 18.2 Å². The predicted octanol–water partition coefficient (Wildman–Crippen LogP) is 3.20. The first-order valence-corrected chi connectivity index (χ1v) is 7.54. The van der Waals surface area contributed by atoms with Crippen LogP contribution in [0, 0.1) is 11.6 Å². The Balaban J connectivity index is 1.83. The molecule has 0 amide bonds. The molecule has 2 aliphatic heterocycles. The molecule has 1 aromatic carbocycles. The molecule has 0 spiro atoms. The smallest absolute Gasteiger partial charge is 0.128 e. The van der Waals surface area contributed by atoms with Crippen LogP contribution in [-0.2, 0) is 0 Å². The summed E-state index contributed by atoms with van der Waals surface area (Å²) in [6.45, 7) is 3.18. The SMILES string of the molecule is CN1CCC[C@@H](N2CCCC2c2cc(F)ccc2F)C1. The van der Waals surface area contributed by atoms with Gasteiger partial charge in [-0.15, -0.1) is 0 Å². The second kappa shape index (κ2) is 5.78. The summed E-state index contributed by atoms with van der Waals surface area (Å²) in [4.78, 5) is 4.74. The zero-order valence-electron chi connectivity index (χ0n) is 12.0. The molecule has 0 bridgehead atoms. The maximum absolute atomic E-state index is 14.0. The highest BCUT2D eigenvalue weighted by molar-refractivity contribution is 5.23. The Kier molecular flexibility index (Phi) is 4.03. The zero-order valence-corrected chi connectivity index (χ0v) is 12.0. The third-order valence-corrected chi connectivity index (χ3v) is 4.68. The highest BCUT2D eigenvalue weighted by Crippen LogP contribution is 2.36. The minimum atomic E-state index is -0.339. The second-order valence-electron chi connectivity index (χ2n) is 6.12. The van der Waals surface area contributed by atoms with E-state index in [9.17, 15) is 8.78 Å². The first-order valence-electron chi connectivity index (χ1n) is 7.54. The van der Waals surface area contributed by atoms with Gasteiger partial charge in [-0.1, -0.05) is 0 Å². The van der Waals surface area contributed by atoms with Crippen LogP contribution in [0.4, 0.5) is 8.78 Å². The Morgan fingerprint density at radius 1 is 1.10 bits per heavy atom. The molecule has 1 aromatic rings. The van der Waals surface area contributed by atoms with Crippen molar-refractivity contribution in [2.75, 3.05) is 26.7 Å². The Labute approximate surface area is 119 Å². The van der Waals surface area contributed by atoms with E-state index >= 15 is 0 Å². The standard InChI is InChI=1S/C16H22F2N2/c1-19-8-2-4-13(11-19)20-9-3-5-16(20)14-10-12(17)6-7-15(14)18/h6-7,10,13,16H,2-5,8-9,11H2,1H3/t13-,16?/m1/s1. The van der Waals surface area contributed by atoms with Gasteiger partial charge in [0.15, 0.2) is 0 Å². The van der Waals surface area contributed by atoms with Crippen LogP contribution in [0.2, 0.25) is 0 Å². The number of hydrogen-bond acceptors (Lipinski definition) is 2. The summed E-state index contributed by atoms with van der Waals surface area (Å²) < 4.78 is 27.5. The molecule has 0 saturated carbocycles. The van der Waals surface area contributed by atoms with Crippen LogP contribution in [0.5, 0.6) is 0 Å². The third kappa shape index (κ3) is 2.72. The predicted molar refractivity (Wildman–Crippen MR) is 75.6 cm³/mol. The van der Waals surface area contributed by atoms with E-state index in [-0.39, 0.29) is 17.7 Å². The van der Waals surface area contributed by atoms with Crippen molar-refractivity contribution in [1.82, 2.24) is 9.80 Å². The second-order valence-corrected chi connectivity index (χ2v) is 6.12. The number of likely N-dealkylation sites (N-methyl/N-ethyl adjacent to an activating group) is 1. The average molecular weight is 280 g/mol. The lowest BCUT2D eigenvalue weighted by molar-refractivity contribution is 0.100. The molecule has 2 fully saturated rings. The maximum Gasteiger partial charge on any atom is 0.128 e. The lowest BCUT2D eigenvalue weighted by Gasteiger charge is -2.39. The molecule has 0 radical (unpaired) electrons. The molecule has 2 saturated heterocycles. The van der Waals surface area contributed by atoms with E-state index in [2.05, 4.69) is 16.8 Å². The summed E-state index contributed by atoms with van der Waals surface area (Å²) in [5.41, 5.74) is 0.538. The maximum atomic E-state index is 14.0. The minimum Gasteiger partial charge on any atom is -0.305 e. The normalized spacial score (nSPS) is 28.9. The number of halogens is 2. The molecule has 0 aliphatic carbocycles. The first kappa shape index (κ1) is 14.0. The van der Waals surface area contributed by atoms with Gasteiger partial charge in [0.1, 0.15) is 11.6 Å². The van der Waals surface area contributed by atoms with E-state index in [1.165, 1.54) is 24.6 Å². The summed E-state index contributed by atoms with van der Waals surface area (Å²) in [6, 6.07) is 4.36. The monoisotopic (exact) mass is 280 g/mol. The van der Waals surface area contributed by atoms with Crippen molar-refractivity contribution in [1.29, 1.82) is 0 Å². The number of likely N-dealkylation sites (tertiary alicyclic amines) is 2. The Hall–Kier alpha value is -1.00. The molecule has 20 heavy (non-hydrogen) atoms. The third-order valence-electron chi connectivity index (χ3n) is 4.68. The fraction of sp³-hybridized carbons (Fsp3) is 0.625. The van der Waals surface area contributed by atoms with Crippen LogP contribution < -0.4 is 0 Å². The van der Waals surface area contributed by atoms with Gasteiger partial charge in [-0.2, -0.15) is 0 Å². The molecule has 2 aliphatic rings. The summed E-state index contributed by atoms with van der Waals surface area (Å²) in [5, 5.41) is 0. The van der Waals surface area contributed by atoms with Gasteiger partial charge in [0.25, 0.3) is 0 Å². The number of rotatable bonds is 2. The van der Waals surface area contributed by atoms with E-state index in [1.54, 1.807) is 0 Å². The van der Waals surface area contributed by atoms with Crippen LogP contribution in [0.1, 0.15) is 37.3 Å². The van der Waals surface area contributed by atoms with Crippen molar-refractivity contribution >= 4 is 0 Å². The number of hydrogen-bond donors (Lipinski definition) is 0. The van der Waals surface area contributed by atoms with E-state index in [4.69, 9.17) is 0 Å². The van der Waals surface area contributed by atoms with Gasteiger partial charge in [-0.3, -0.25) is 4.90 Å². The average Bonchev–Trinajstić information content (AvgIpc) is 2.90. The molecule has 0 aromatic heterocycles. The van der Waals surface area contributed by atoms with Crippen molar-refractivity contribution in [2.24, 2.45) is 0 Å². The molecule has 2 atom stereocenters. The van der Waals surface area contributed by atoms with Crippen LogP contribution in [0.25, 0.3) is 0 Å². The molecule has 2 nitrogen and oxygen atoms in total. The highest BCUT2D eigenvalue weighted by Gasteiger charge is 2.34. The van der Waals surface area contributed by atoms with Gasteiger partial charge in [0, 0.05) is 24.2 Å². The molecule has 4 heteroatoms. The fourth-order valence-electron chi connectivity index (χ4n) is 3.74. The fourth-order valence-corrected chi connectivity index (χ4v) is 3.74. The van der Waals surface area contributed by atoms with E-state index in [0.29, 0.717) is 11.6 Å². The summed E-state index contributed by atoms with van der Waals surface area (Å²) in [5.74, 6) is -0.610. The number of nitrogens with zero attached hydrogens (tertiary/aromatic N) is 2. The van der Waals surface area contributed by atoms with Gasteiger partial charge in [0.05, 0.1) is 0 Å². The van der Waals surface area contributed by atoms with Crippen LogP contribution >= 0.6 is 0 Å². The lowest BCUT2D eigenvalue weighted by Crippen LogP contribution is -2.46. The molecule has 2 heterocycles. The first-order chi connectivity index (χ1) is 9.65. The molecular formula is C16H22F2N2. The van der Waals surface area contributed by atoms with Crippen LogP contribution in [0.3, 0.4) is 0 Å². The van der Waals surface area contributed by atoms with E-state index < -0.39 is 0 Å². The molecule has 110 valence electrons. The van der Waals surface area contributed by atoms with E-state index in [0.717, 1.165) is 38.9 Å². The van der Waals surface area contributed by atoms with Gasteiger partial charge < -0.3 is 4.90 Å². The largest absolute Gasteiger partial charge is 0.305 e. The quantitative estimate of drug-likeness (QED) is 0.821. The lowest BCUT2D eigenvalue weighted by atomic mass is 9.99. The van der Waals surface area contributed by atoms with Gasteiger partial charge in [0.2, 0.25) is 0 Å². The van der Waals surface area contributed by atoms with Crippen molar-refractivity contribution < 1.29 is 8.78 Å². The minimum absolute atomic E-state index is 0.0437. The topological polar surface area (TPSA) is 6.48 Å². The summed E-state index contributed by atoms with van der Waals surface area (Å²) in [7, 11) is 2.14. The molecule has 0 N–H and O–H groups in total. The highest BCUT2D eigenvalue weighted by atomic mass is 19.1. The summed E-state index contributed by atoms with van der Waals surface area (Å²) in [6.07, 6.45) is 4.36. The van der Waals surface area contributed by atoms with Crippen molar-refractivity contribution in [3.05, 3.63) is 35.4 Å². The van der Waals surface area contributed by atoms with Gasteiger partial charge >= 0.3 is 0 Å². The Bertz CT molecular complexity index is 478. The van der Waals surface area contributed by atoms with Crippen molar-refractivity contribution in [3.8, 4) is 0 Å². The molecule has 3 rings (SSSR count). The molecular weight excluding hydrogens is 258 g/mol. The van der Waals surface area contributed by atoms with Gasteiger partial charge in [-0.25, -0.2) is 8.78 Å². The van der Waals surface area contributed by atoms with Crippen molar-refractivity contribution in [2.45, 2.75) is 37.8 Å².